The van der Waals surface area contributed by atoms with Crippen molar-refractivity contribution in [1.29, 1.82) is 5.26 Å². The molecule has 3 aliphatic carbocycles. The Morgan fingerprint density at radius 3 is 2.65 bits per heavy atom. The van der Waals surface area contributed by atoms with Crippen molar-refractivity contribution in [3.63, 3.8) is 0 Å². The summed E-state index contributed by atoms with van der Waals surface area (Å²) >= 11 is 1.06. The predicted molar refractivity (Wildman–Crippen MR) is 176 cm³/mol. The summed E-state index contributed by atoms with van der Waals surface area (Å²) in [5.41, 5.74) is 3.86. The van der Waals surface area contributed by atoms with E-state index in [1.807, 2.05) is 6.07 Å². The second-order valence-electron chi connectivity index (χ2n) is 13.8. The van der Waals surface area contributed by atoms with Crippen molar-refractivity contribution < 1.29 is 22.8 Å². The number of amides is 2. The van der Waals surface area contributed by atoms with E-state index >= 15 is 0 Å². The molecule has 3 aromatic heterocycles. The van der Waals surface area contributed by atoms with Crippen molar-refractivity contribution >= 4 is 50.6 Å². The third-order valence-corrected chi connectivity index (χ3v) is 12.0. The standard InChI is InChI=1S/C34H37F3N8O2S/c1-20-22(14-44-7-5-23(6-8-44)42-30-27-10-25(11-34(35,36)37)48-31(27)41-18-40-30)3-4-28-26(20)9-24(12-38)45(28)17-32-15-33(16-32,21(32)2)43-29(47)13-39-19-46/h3-4,9-10,18-19,21,23H,5-8,11,13-17H2,1-2H3,(H,39,46)(H,43,47)(H,40,41,42)/t21-,32?,33?/m0/s1. The van der Waals surface area contributed by atoms with E-state index in [2.05, 4.69) is 67.4 Å². The first-order valence-electron chi connectivity index (χ1n) is 16.2. The van der Waals surface area contributed by atoms with Gasteiger partial charge >= 0.3 is 6.18 Å². The highest BCUT2D eigenvalue weighted by molar-refractivity contribution is 7.18. The van der Waals surface area contributed by atoms with Crippen molar-refractivity contribution in [3.05, 3.63) is 52.3 Å². The molecule has 1 aliphatic heterocycles. The van der Waals surface area contributed by atoms with Gasteiger partial charge in [-0.05, 0) is 73.3 Å². The summed E-state index contributed by atoms with van der Waals surface area (Å²) in [6, 6.07) is 10.4. The van der Waals surface area contributed by atoms with Crippen LogP contribution < -0.4 is 16.0 Å². The molecule has 10 nitrogen and oxygen atoms in total. The van der Waals surface area contributed by atoms with Gasteiger partial charge in [-0.25, -0.2) is 9.97 Å². The van der Waals surface area contributed by atoms with E-state index < -0.39 is 12.6 Å². The first-order chi connectivity index (χ1) is 22.9. The van der Waals surface area contributed by atoms with Crippen molar-refractivity contribution in [1.82, 2.24) is 30.1 Å². The van der Waals surface area contributed by atoms with E-state index in [0.29, 0.717) is 28.1 Å². The molecule has 0 unspecified atom stereocenters. The molecular formula is C34H37F3N8O2S. The Hall–Kier alpha value is -4.22. The zero-order chi connectivity index (χ0) is 33.8. The highest BCUT2D eigenvalue weighted by atomic mass is 32.1. The Balaban J connectivity index is 0.985. The van der Waals surface area contributed by atoms with Gasteiger partial charge in [0.25, 0.3) is 0 Å². The molecule has 4 aliphatic rings. The van der Waals surface area contributed by atoms with E-state index in [1.54, 1.807) is 6.07 Å². The molecule has 4 heterocycles. The molecule has 1 atom stereocenters. The number of carbonyl (C=O) groups excluding carboxylic acids is 2. The van der Waals surface area contributed by atoms with Crippen molar-refractivity contribution in [2.45, 2.75) is 76.8 Å². The molecular weight excluding hydrogens is 641 g/mol. The fourth-order valence-corrected chi connectivity index (χ4v) is 9.31. The largest absolute Gasteiger partial charge is 0.393 e. The monoisotopic (exact) mass is 678 g/mol. The highest BCUT2D eigenvalue weighted by Crippen LogP contribution is 2.72. The van der Waals surface area contributed by atoms with Crippen LogP contribution in [0, 0.1) is 29.6 Å². The number of carbonyl (C=O) groups is 2. The number of nitriles is 1. The Kier molecular flexibility index (Phi) is 8.10. The second kappa shape index (κ2) is 12.0. The normalized spacial score (nSPS) is 24.1. The van der Waals surface area contributed by atoms with Crippen LogP contribution in [0.2, 0.25) is 0 Å². The third-order valence-electron chi connectivity index (χ3n) is 10.9. The topological polar surface area (TPSA) is 128 Å². The predicted octanol–water partition coefficient (Wildman–Crippen LogP) is 5.04. The fourth-order valence-electron chi connectivity index (χ4n) is 8.29. The summed E-state index contributed by atoms with van der Waals surface area (Å²) in [5.74, 6) is 0.675. The number of halogens is 3. The number of rotatable bonds is 11. The summed E-state index contributed by atoms with van der Waals surface area (Å²) in [6.07, 6.45) is 0.150. The number of fused-ring (bicyclic) bond motifs is 2. The molecule has 0 radical (unpaired) electrons. The van der Waals surface area contributed by atoms with E-state index in [1.165, 1.54) is 11.9 Å². The molecule has 4 aromatic rings. The zero-order valence-corrected chi connectivity index (χ0v) is 27.6. The molecule has 3 saturated carbocycles. The lowest BCUT2D eigenvalue weighted by molar-refractivity contribution is -0.228. The Labute approximate surface area is 279 Å². The summed E-state index contributed by atoms with van der Waals surface area (Å²) in [4.78, 5) is 34.5. The van der Waals surface area contributed by atoms with Gasteiger partial charge in [-0.15, -0.1) is 11.3 Å². The van der Waals surface area contributed by atoms with Gasteiger partial charge in [0, 0.05) is 53.5 Å². The van der Waals surface area contributed by atoms with Gasteiger partial charge in [0.2, 0.25) is 12.3 Å². The van der Waals surface area contributed by atoms with Crippen LogP contribution in [0.4, 0.5) is 19.0 Å². The number of aromatic nitrogens is 3. The van der Waals surface area contributed by atoms with Gasteiger partial charge in [-0.3, -0.25) is 14.5 Å². The van der Waals surface area contributed by atoms with E-state index in [9.17, 15) is 28.0 Å². The van der Waals surface area contributed by atoms with Crippen LogP contribution in [-0.2, 0) is 29.1 Å². The smallest absolute Gasteiger partial charge is 0.367 e. The zero-order valence-electron chi connectivity index (χ0n) is 26.8. The lowest BCUT2D eigenvalue weighted by atomic mass is 9.33. The molecule has 252 valence electrons. The number of alkyl halides is 3. The number of nitrogens with zero attached hydrogens (tertiary/aromatic N) is 5. The number of nitrogens with one attached hydrogen (secondary N) is 3. The Bertz CT molecular complexity index is 1930. The van der Waals surface area contributed by atoms with Gasteiger partial charge in [0.1, 0.15) is 28.7 Å². The second-order valence-corrected chi connectivity index (χ2v) is 14.9. The Morgan fingerprint density at radius 1 is 1.19 bits per heavy atom. The number of hydrogen-bond acceptors (Lipinski definition) is 8. The van der Waals surface area contributed by atoms with Gasteiger partial charge in [-0.1, -0.05) is 13.0 Å². The van der Waals surface area contributed by atoms with Crippen molar-refractivity contribution in [2.75, 3.05) is 25.0 Å². The minimum atomic E-state index is -4.27. The summed E-state index contributed by atoms with van der Waals surface area (Å²) in [5, 5.41) is 20.8. The van der Waals surface area contributed by atoms with Crippen LogP contribution in [0.15, 0.2) is 30.6 Å². The van der Waals surface area contributed by atoms with Gasteiger partial charge in [0.05, 0.1) is 18.4 Å². The minimum absolute atomic E-state index is 0.0260. The third kappa shape index (κ3) is 5.77. The first kappa shape index (κ1) is 32.3. The maximum absolute atomic E-state index is 12.9. The molecule has 4 fully saturated rings. The summed E-state index contributed by atoms with van der Waals surface area (Å²) in [6.45, 7) is 7.48. The molecule has 14 heteroatoms. The fraction of sp³-hybridized carbons (Fsp3) is 0.500. The molecule has 1 aromatic carbocycles. The van der Waals surface area contributed by atoms with Crippen LogP contribution >= 0.6 is 11.3 Å². The molecule has 48 heavy (non-hydrogen) atoms. The van der Waals surface area contributed by atoms with Crippen LogP contribution in [0.3, 0.4) is 0 Å². The number of thiophene rings is 1. The van der Waals surface area contributed by atoms with Crippen molar-refractivity contribution in [2.24, 2.45) is 11.3 Å². The number of aryl methyl sites for hydroxylation is 1. The average Bonchev–Trinajstić information content (AvgIpc) is 3.61. The van der Waals surface area contributed by atoms with Crippen molar-refractivity contribution in [3.8, 4) is 6.07 Å². The maximum atomic E-state index is 12.9. The number of anilines is 1. The molecule has 2 amide bonds. The molecule has 8 rings (SSSR count). The quantitative estimate of drug-likeness (QED) is 0.190. The maximum Gasteiger partial charge on any atom is 0.393 e. The van der Waals surface area contributed by atoms with E-state index in [4.69, 9.17) is 0 Å². The van der Waals surface area contributed by atoms with Crippen LogP contribution in [0.5, 0.6) is 0 Å². The van der Waals surface area contributed by atoms with E-state index in [0.717, 1.165) is 79.7 Å². The van der Waals surface area contributed by atoms with Crippen LogP contribution in [0.25, 0.3) is 21.1 Å². The molecule has 1 saturated heterocycles. The summed E-state index contributed by atoms with van der Waals surface area (Å²) in [7, 11) is 0. The number of likely N-dealkylation sites (tertiary alicyclic amines) is 1. The lowest BCUT2D eigenvalue weighted by Gasteiger charge is -2.76. The summed E-state index contributed by atoms with van der Waals surface area (Å²) < 4.78 is 41.0. The Morgan fingerprint density at radius 2 is 1.96 bits per heavy atom. The average molecular weight is 679 g/mol. The number of hydrogen-bond donors (Lipinski definition) is 3. The molecule has 2 bridgehead atoms. The minimum Gasteiger partial charge on any atom is -0.367 e. The van der Waals surface area contributed by atoms with E-state index in [-0.39, 0.29) is 40.2 Å². The van der Waals surface area contributed by atoms with Crippen LogP contribution in [-0.4, -0.2) is 69.1 Å². The highest BCUT2D eigenvalue weighted by Gasteiger charge is 2.74. The number of benzene rings is 1. The molecule has 0 spiro atoms. The first-order valence-corrected chi connectivity index (χ1v) is 17.0. The number of piperidine rings is 1. The van der Waals surface area contributed by atoms with Gasteiger partial charge in [-0.2, -0.15) is 18.4 Å². The lowest BCUT2D eigenvalue weighted by Crippen LogP contribution is -2.82. The van der Waals surface area contributed by atoms with Gasteiger partial charge in [0.15, 0.2) is 0 Å². The molecule has 3 N–H and O–H groups in total. The SMILES string of the molecule is Cc1c(CN2CCC(Nc3ncnc4sc(CC(F)(F)F)cc34)CC2)ccc2c1cc(C#N)n2CC12CC(NC(=O)CNC=O)(C1)[C@H]2C. The van der Waals surface area contributed by atoms with Gasteiger partial charge < -0.3 is 20.5 Å². The van der Waals surface area contributed by atoms with Crippen LogP contribution in [0.1, 0.15) is 54.3 Å².